The summed E-state index contributed by atoms with van der Waals surface area (Å²) < 4.78 is 5.45. The number of methoxy groups -OCH3 is 1. The monoisotopic (exact) mass is 348 g/mol. The minimum atomic E-state index is 0.755. The second-order valence-electron chi connectivity index (χ2n) is 5.84. The zero-order chi connectivity index (χ0) is 17.5. The van der Waals surface area contributed by atoms with E-state index in [2.05, 4.69) is 54.6 Å². The lowest BCUT2D eigenvalue weighted by Crippen LogP contribution is -1.92. The van der Waals surface area contributed by atoms with E-state index in [1.165, 1.54) is 22.3 Å². The Balaban J connectivity index is 1.86. The largest absolute Gasteiger partial charge is 0.496 e. The normalized spacial score (nSPS) is 11.4. The maximum absolute atomic E-state index is 6.05. The Kier molecular flexibility index (Phi) is 5.92. The molecule has 0 radical (unpaired) electrons. The van der Waals surface area contributed by atoms with Crippen LogP contribution in [0, 0.1) is 0 Å². The van der Waals surface area contributed by atoms with Crippen LogP contribution in [0.3, 0.4) is 0 Å². The summed E-state index contributed by atoms with van der Waals surface area (Å²) in [5.74, 6) is 0.948. The van der Waals surface area contributed by atoms with Crippen LogP contribution in [0.5, 0.6) is 5.75 Å². The van der Waals surface area contributed by atoms with Crippen molar-refractivity contribution in [2.75, 3.05) is 7.11 Å². The van der Waals surface area contributed by atoms with Gasteiger partial charge in [0.05, 0.1) is 7.11 Å². The molecule has 0 aliphatic rings. The van der Waals surface area contributed by atoms with Crippen LogP contribution in [0.15, 0.2) is 84.9 Å². The Morgan fingerprint density at radius 3 is 2.20 bits per heavy atom. The third-order valence-corrected chi connectivity index (χ3v) is 4.45. The molecule has 0 unspecified atom stereocenters. The van der Waals surface area contributed by atoms with Crippen LogP contribution in [0.4, 0.5) is 0 Å². The van der Waals surface area contributed by atoms with E-state index in [1.807, 2.05) is 30.3 Å². The highest BCUT2D eigenvalue weighted by Crippen LogP contribution is 2.26. The van der Waals surface area contributed by atoms with Crippen LogP contribution in [0.25, 0.3) is 5.57 Å². The minimum absolute atomic E-state index is 0.755. The van der Waals surface area contributed by atoms with E-state index < -0.39 is 0 Å². The molecule has 3 rings (SSSR count). The highest BCUT2D eigenvalue weighted by atomic mass is 35.5. The second kappa shape index (κ2) is 8.55. The minimum Gasteiger partial charge on any atom is -0.496 e. The van der Waals surface area contributed by atoms with Crippen molar-refractivity contribution in [1.29, 1.82) is 0 Å². The van der Waals surface area contributed by atoms with Gasteiger partial charge < -0.3 is 4.74 Å². The quantitative estimate of drug-likeness (QED) is 0.500. The van der Waals surface area contributed by atoms with Crippen molar-refractivity contribution in [3.8, 4) is 5.75 Å². The molecule has 0 aromatic heterocycles. The third kappa shape index (κ3) is 4.52. The molecule has 2 heteroatoms. The molecule has 0 heterocycles. The van der Waals surface area contributed by atoms with E-state index in [0.29, 0.717) is 0 Å². The molecule has 0 saturated heterocycles. The van der Waals surface area contributed by atoms with Crippen LogP contribution in [-0.4, -0.2) is 7.11 Å². The molecule has 0 atom stereocenters. The Morgan fingerprint density at radius 2 is 1.48 bits per heavy atom. The lowest BCUT2D eigenvalue weighted by atomic mass is 9.96. The van der Waals surface area contributed by atoms with Crippen LogP contribution < -0.4 is 4.74 Å². The van der Waals surface area contributed by atoms with Gasteiger partial charge >= 0.3 is 0 Å². The molecule has 0 N–H and O–H groups in total. The van der Waals surface area contributed by atoms with Crippen molar-refractivity contribution < 1.29 is 4.74 Å². The van der Waals surface area contributed by atoms with Gasteiger partial charge in [-0.05, 0) is 53.3 Å². The molecule has 0 saturated carbocycles. The second-order valence-corrected chi connectivity index (χ2v) is 6.28. The molecule has 126 valence electrons. The summed E-state index contributed by atoms with van der Waals surface area (Å²) in [4.78, 5) is 0. The molecule has 0 aliphatic heterocycles. The Hall–Kier alpha value is -2.51. The maximum Gasteiger partial charge on any atom is 0.122 e. The smallest absolute Gasteiger partial charge is 0.122 e. The summed E-state index contributed by atoms with van der Waals surface area (Å²) in [6, 6.07) is 26.7. The molecule has 0 aliphatic carbocycles. The number of allylic oxidation sites excluding steroid dienone is 1. The number of halogens is 1. The first kappa shape index (κ1) is 17.3. The first-order valence-corrected chi connectivity index (χ1v) is 8.79. The van der Waals surface area contributed by atoms with Gasteiger partial charge in [0.1, 0.15) is 5.75 Å². The van der Waals surface area contributed by atoms with Crippen LogP contribution in [0.1, 0.15) is 23.1 Å². The Bertz CT molecular complexity index is 835. The average molecular weight is 349 g/mol. The first-order valence-electron chi connectivity index (χ1n) is 8.41. The molecular formula is C23H21ClO. The van der Waals surface area contributed by atoms with Crippen molar-refractivity contribution in [2.45, 2.75) is 12.8 Å². The summed E-state index contributed by atoms with van der Waals surface area (Å²) >= 11 is 6.05. The SMILES string of the molecule is COc1ccccc1CCC=C(c1ccccc1)c1ccc(Cl)cc1. The zero-order valence-corrected chi connectivity index (χ0v) is 15.0. The third-order valence-electron chi connectivity index (χ3n) is 4.19. The van der Waals surface area contributed by atoms with Gasteiger partial charge in [0, 0.05) is 5.02 Å². The predicted molar refractivity (Wildman–Crippen MR) is 106 cm³/mol. The Morgan fingerprint density at radius 1 is 0.840 bits per heavy atom. The highest BCUT2D eigenvalue weighted by molar-refractivity contribution is 6.30. The number of para-hydroxylation sites is 1. The van der Waals surface area contributed by atoms with Crippen molar-refractivity contribution in [1.82, 2.24) is 0 Å². The van der Waals surface area contributed by atoms with Gasteiger partial charge in [-0.3, -0.25) is 0 Å². The summed E-state index contributed by atoms with van der Waals surface area (Å²) in [6.45, 7) is 0. The van der Waals surface area contributed by atoms with Gasteiger partial charge in [-0.15, -0.1) is 0 Å². The molecule has 0 spiro atoms. The van der Waals surface area contributed by atoms with E-state index in [-0.39, 0.29) is 0 Å². The standard InChI is InChI=1S/C23H21ClO/c1-25-23-13-6-5-10-20(23)11-7-12-22(18-8-3-2-4-9-18)19-14-16-21(24)17-15-19/h2-6,8-10,12-17H,7,11H2,1H3. The molecule has 0 bridgehead atoms. The molecule has 1 nitrogen and oxygen atoms in total. The van der Waals surface area contributed by atoms with E-state index in [4.69, 9.17) is 16.3 Å². The van der Waals surface area contributed by atoms with Gasteiger partial charge in [0.25, 0.3) is 0 Å². The number of ether oxygens (including phenoxy) is 1. The number of hydrogen-bond acceptors (Lipinski definition) is 1. The lowest BCUT2D eigenvalue weighted by Gasteiger charge is -2.10. The fourth-order valence-electron chi connectivity index (χ4n) is 2.93. The molecule has 25 heavy (non-hydrogen) atoms. The fourth-order valence-corrected chi connectivity index (χ4v) is 3.06. The first-order chi connectivity index (χ1) is 12.3. The summed E-state index contributed by atoms with van der Waals surface area (Å²) in [5, 5.41) is 0.755. The van der Waals surface area contributed by atoms with Crippen molar-refractivity contribution >= 4 is 17.2 Å². The van der Waals surface area contributed by atoms with Gasteiger partial charge in [0.15, 0.2) is 0 Å². The molecule has 3 aromatic rings. The number of aryl methyl sites for hydroxylation is 1. The number of rotatable bonds is 6. The van der Waals surface area contributed by atoms with Crippen LogP contribution in [0.2, 0.25) is 5.02 Å². The Labute approximate surface area is 154 Å². The van der Waals surface area contributed by atoms with Gasteiger partial charge in [-0.2, -0.15) is 0 Å². The average Bonchev–Trinajstić information content (AvgIpc) is 2.67. The van der Waals surface area contributed by atoms with E-state index in [1.54, 1.807) is 7.11 Å². The van der Waals surface area contributed by atoms with Crippen molar-refractivity contribution in [2.24, 2.45) is 0 Å². The van der Waals surface area contributed by atoms with E-state index in [0.717, 1.165) is 23.6 Å². The summed E-state index contributed by atoms with van der Waals surface area (Å²) in [5.41, 5.74) is 4.84. The zero-order valence-electron chi connectivity index (χ0n) is 14.3. The highest BCUT2D eigenvalue weighted by Gasteiger charge is 2.06. The van der Waals surface area contributed by atoms with Crippen molar-refractivity contribution in [3.05, 3.63) is 107 Å². The lowest BCUT2D eigenvalue weighted by molar-refractivity contribution is 0.409. The number of hydrogen-bond donors (Lipinski definition) is 0. The molecule has 3 aromatic carbocycles. The topological polar surface area (TPSA) is 9.23 Å². The fraction of sp³-hybridized carbons (Fsp3) is 0.130. The number of benzene rings is 3. The van der Waals surface area contributed by atoms with Gasteiger partial charge in [-0.25, -0.2) is 0 Å². The summed E-state index contributed by atoms with van der Waals surface area (Å²) in [6.07, 6.45) is 4.17. The predicted octanol–water partition coefficient (Wildman–Crippen LogP) is 6.41. The van der Waals surface area contributed by atoms with Crippen LogP contribution >= 0.6 is 11.6 Å². The van der Waals surface area contributed by atoms with Crippen LogP contribution in [-0.2, 0) is 6.42 Å². The molecule has 0 amide bonds. The van der Waals surface area contributed by atoms with E-state index in [9.17, 15) is 0 Å². The molecular weight excluding hydrogens is 328 g/mol. The maximum atomic E-state index is 6.05. The van der Waals surface area contributed by atoms with Crippen molar-refractivity contribution in [3.63, 3.8) is 0 Å². The van der Waals surface area contributed by atoms with Gasteiger partial charge in [-0.1, -0.05) is 78.3 Å². The molecule has 0 fully saturated rings. The van der Waals surface area contributed by atoms with Gasteiger partial charge in [0.2, 0.25) is 0 Å². The van der Waals surface area contributed by atoms with E-state index >= 15 is 0 Å². The summed E-state index contributed by atoms with van der Waals surface area (Å²) in [7, 11) is 1.72.